The molecule has 0 amide bonds. The first-order valence-corrected chi connectivity index (χ1v) is 12.4. The Hall–Kier alpha value is -1.54. The Morgan fingerprint density at radius 2 is 1.63 bits per heavy atom. The summed E-state index contributed by atoms with van der Waals surface area (Å²) < 4.78 is 46.9. The van der Waals surface area contributed by atoms with E-state index in [4.69, 9.17) is 39.5 Å². The molecule has 2 atom stereocenters. The van der Waals surface area contributed by atoms with Crippen molar-refractivity contribution in [3.63, 3.8) is 0 Å². The molecule has 0 aliphatic heterocycles. The lowest BCUT2D eigenvalue weighted by atomic mass is 9.96. The molecule has 190 valence electrons. The Kier molecular flexibility index (Phi) is 9.90. The fourth-order valence-electron chi connectivity index (χ4n) is 3.11. The molecule has 2 aromatic carbocycles. The van der Waals surface area contributed by atoms with Gasteiger partial charge in [-0.1, -0.05) is 75.9 Å². The standard InChI is InChI=1S/C25H23BrCl3F3O3/c1-13(23(34)35-24(2,3)4)9-21(33)16-7-5-14(10-18(16)26)6-8-17(25(30,31)32)15-11-19(27)22(29)20(28)12-15/h5-8,10-13,17H,9H2,1-4H3/b8-6+. The summed E-state index contributed by atoms with van der Waals surface area (Å²) in [6, 6.07) is 6.79. The maximum Gasteiger partial charge on any atom is 0.399 e. The highest BCUT2D eigenvalue weighted by Crippen LogP contribution is 2.41. The molecule has 0 heterocycles. The van der Waals surface area contributed by atoms with Crippen LogP contribution in [0.4, 0.5) is 13.2 Å². The first kappa shape index (κ1) is 29.7. The number of esters is 1. The van der Waals surface area contributed by atoms with Gasteiger partial charge in [-0.05, 0) is 56.2 Å². The summed E-state index contributed by atoms with van der Waals surface area (Å²) in [6.07, 6.45) is -2.42. The Morgan fingerprint density at radius 3 is 2.11 bits per heavy atom. The number of carbonyl (C=O) groups excluding carboxylic acids is 2. The average molecular weight is 615 g/mol. The summed E-state index contributed by atoms with van der Waals surface area (Å²) in [4.78, 5) is 24.9. The summed E-state index contributed by atoms with van der Waals surface area (Å²) in [7, 11) is 0. The van der Waals surface area contributed by atoms with Gasteiger partial charge in [0.05, 0.1) is 26.9 Å². The van der Waals surface area contributed by atoms with E-state index < -0.39 is 29.6 Å². The first-order chi connectivity index (χ1) is 16.0. The molecular weight excluding hydrogens is 592 g/mol. The van der Waals surface area contributed by atoms with Gasteiger partial charge in [0.2, 0.25) is 0 Å². The second-order valence-electron chi connectivity index (χ2n) is 8.98. The molecule has 35 heavy (non-hydrogen) atoms. The quantitative estimate of drug-likeness (QED) is 0.177. The number of rotatable bonds is 7. The number of hydrogen-bond donors (Lipinski definition) is 0. The van der Waals surface area contributed by atoms with Crippen LogP contribution in [-0.4, -0.2) is 23.5 Å². The van der Waals surface area contributed by atoms with Crippen molar-refractivity contribution >= 4 is 68.6 Å². The number of hydrogen-bond acceptors (Lipinski definition) is 3. The SMILES string of the molecule is CC(CC(=O)c1ccc(/C=C/C(c2cc(Cl)c(Cl)c(Cl)c2)C(F)(F)F)cc1Br)C(=O)OC(C)(C)C. The molecule has 2 unspecified atom stereocenters. The van der Waals surface area contributed by atoms with Gasteiger partial charge in [-0.15, -0.1) is 0 Å². The van der Waals surface area contributed by atoms with Gasteiger partial charge in [0.1, 0.15) is 5.60 Å². The maximum atomic E-state index is 13.7. The zero-order chi connectivity index (χ0) is 26.7. The van der Waals surface area contributed by atoms with E-state index in [-0.39, 0.29) is 32.8 Å². The Morgan fingerprint density at radius 1 is 1.06 bits per heavy atom. The largest absolute Gasteiger partial charge is 0.460 e. The predicted octanol–water partition coefficient (Wildman–Crippen LogP) is 9.32. The lowest BCUT2D eigenvalue weighted by Crippen LogP contribution is -2.28. The molecule has 2 rings (SSSR count). The van der Waals surface area contributed by atoms with E-state index >= 15 is 0 Å². The normalized spacial score (nSPS) is 14.1. The molecule has 0 radical (unpaired) electrons. The van der Waals surface area contributed by atoms with Crippen LogP contribution < -0.4 is 0 Å². The van der Waals surface area contributed by atoms with Crippen LogP contribution in [0.5, 0.6) is 0 Å². The molecule has 0 bridgehead atoms. The molecule has 0 aliphatic rings. The van der Waals surface area contributed by atoms with Gasteiger partial charge in [0.25, 0.3) is 0 Å². The highest BCUT2D eigenvalue weighted by molar-refractivity contribution is 9.10. The summed E-state index contributed by atoms with van der Waals surface area (Å²) in [6.45, 7) is 6.81. The third kappa shape index (κ3) is 8.52. The van der Waals surface area contributed by atoms with Crippen molar-refractivity contribution in [1.82, 2.24) is 0 Å². The third-order valence-electron chi connectivity index (χ3n) is 4.79. The minimum absolute atomic E-state index is 0.0211. The highest BCUT2D eigenvalue weighted by atomic mass is 79.9. The summed E-state index contributed by atoms with van der Waals surface area (Å²) in [5.41, 5.74) is -0.0923. The molecule has 0 aliphatic carbocycles. The van der Waals surface area contributed by atoms with Crippen LogP contribution in [0.2, 0.25) is 15.1 Å². The number of halogens is 7. The highest BCUT2D eigenvalue weighted by Gasteiger charge is 2.39. The first-order valence-electron chi connectivity index (χ1n) is 10.4. The summed E-state index contributed by atoms with van der Waals surface area (Å²) in [5.74, 6) is -3.42. The fourth-order valence-corrected chi connectivity index (χ4v) is 4.34. The van der Waals surface area contributed by atoms with Gasteiger partial charge in [-0.25, -0.2) is 0 Å². The van der Waals surface area contributed by atoms with E-state index in [1.807, 2.05) is 0 Å². The lowest BCUT2D eigenvalue weighted by molar-refractivity contribution is -0.159. The van der Waals surface area contributed by atoms with Gasteiger partial charge >= 0.3 is 12.1 Å². The minimum atomic E-state index is -4.61. The molecule has 2 aromatic rings. The van der Waals surface area contributed by atoms with E-state index in [2.05, 4.69) is 15.9 Å². The van der Waals surface area contributed by atoms with Crippen molar-refractivity contribution in [3.8, 4) is 0 Å². The fraction of sp³-hybridized carbons (Fsp3) is 0.360. The maximum absolute atomic E-state index is 13.7. The Labute approximate surface area is 225 Å². The van der Waals surface area contributed by atoms with Gasteiger partial charge < -0.3 is 4.74 Å². The van der Waals surface area contributed by atoms with Crippen LogP contribution >= 0.6 is 50.7 Å². The molecule has 3 nitrogen and oxygen atoms in total. The van der Waals surface area contributed by atoms with E-state index in [1.54, 1.807) is 27.7 Å². The van der Waals surface area contributed by atoms with E-state index in [1.165, 1.54) is 24.3 Å². The molecule has 0 aromatic heterocycles. The molecule has 0 fully saturated rings. The zero-order valence-electron chi connectivity index (χ0n) is 19.3. The van der Waals surface area contributed by atoms with Gasteiger partial charge in [-0.2, -0.15) is 13.2 Å². The topological polar surface area (TPSA) is 43.4 Å². The van der Waals surface area contributed by atoms with E-state index in [0.717, 1.165) is 18.2 Å². The number of ether oxygens (including phenoxy) is 1. The lowest BCUT2D eigenvalue weighted by Gasteiger charge is -2.22. The number of carbonyl (C=O) groups is 2. The smallest absolute Gasteiger partial charge is 0.399 e. The van der Waals surface area contributed by atoms with Crippen molar-refractivity contribution in [2.45, 2.75) is 51.8 Å². The van der Waals surface area contributed by atoms with Gasteiger partial charge in [0, 0.05) is 16.5 Å². The number of ketones is 1. The molecule has 10 heteroatoms. The second-order valence-corrected chi connectivity index (χ2v) is 11.0. The second kappa shape index (κ2) is 11.7. The van der Waals surface area contributed by atoms with Crippen LogP contribution in [0.15, 0.2) is 40.9 Å². The minimum Gasteiger partial charge on any atom is -0.460 e. The van der Waals surface area contributed by atoms with Crippen molar-refractivity contribution in [2.75, 3.05) is 0 Å². The van der Waals surface area contributed by atoms with Gasteiger partial charge in [0.15, 0.2) is 5.78 Å². The van der Waals surface area contributed by atoms with Crippen molar-refractivity contribution < 1.29 is 27.5 Å². The third-order valence-corrected chi connectivity index (χ3v) is 6.65. The Balaban J connectivity index is 2.24. The monoisotopic (exact) mass is 612 g/mol. The van der Waals surface area contributed by atoms with E-state index in [0.29, 0.717) is 15.6 Å². The number of benzene rings is 2. The van der Waals surface area contributed by atoms with Crippen molar-refractivity contribution in [2.24, 2.45) is 5.92 Å². The number of alkyl halides is 3. The van der Waals surface area contributed by atoms with Crippen molar-refractivity contribution in [1.29, 1.82) is 0 Å². The number of Topliss-reactive ketones (excluding diaryl/α,β-unsaturated/α-hetero) is 1. The van der Waals surface area contributed by atoms with Crippen molar-refractivity contribution in [3.05, 3.63) is 72.6 Å². The average Bonchev–Trinajstić information content (AvgIpc) is 2.69. The predicted molar refractivity (Wildman–Crippen MR) is 137 cm³/mol. The molecule has 0 saturated carbocycles. The molecule has 0 spiro atoms. The molecule has 0 N–H and O–H groups in total. The summed E-state index contributed by atoms with van der Waals surface area (Å²) in [5, 5.41) is -0.182. The van der Waals surface area contributed by atoms with Crippen LogP contribution in [0.25, 0.3) is 6.08 Å². The van der Waals surface area contributed by atoms with Crippen LogP contribution in [0.3, 0.4) is 0 Å². The summed E-state index contributed by atoms with van der Waals surface area (Å²) >= 11 is 21.0. The molecule has 0 saturated heterocycles. The van der Waals surface area contributed by atoms with E-state index in [9.17, 15) is 22.8 Å². The number of allylic oxidation sites excluding steroid dienone is 1. The molecular formula is C25H23BrCl3F3O3. The van der Waals surface area contributed by atoms with Crippen LogP contribution in [-0.2, 0) is 9.53 Å². The zero-order valence-corrected chi connectivity index (χ0v) is 23.1. The van der Waals surface area contributed by atoms with Gasteiger partial charge in [-0.3, -0.25) is 9.59 Å². The van der Waals surface area contributed by atoms with Crippen LogP contribution in [0.1, 0.15) is 61.5 Å². The Bertz CT molecular complexity index is 1120. The van der Waals surface area contributed by atoms with Crippen LogP contribution in [0, 0.1) is 5.92 Å².